The van der Waals surface area contributed by atoms with Crippen molar-refractivity contribution >= 4 is 33.2 Å². The fourth-order valence-electron chi connectivity index (χ4n) is 3.90. The Morgan fingerprint density at radius 2 is 1.54 bits per heavy atom. The molecule has 1 aliphatic rings. The van der Waals surface area contributed by atoms with E-state index in [0.29, 0.717) is 28.9 Å². The lowest BCUT2D eigenvalue weighted by molar-refractivity contribution is -0.115. The van der Waals surface area contributed by atoms with E-state index in [4.69, 9.17) is 0 Å². The van der Waals surface area contributed by atoms with Crippen molar-refractivity contribution in [3.63, 3.8) is 0 Å². The summed E-state index contributed by atoms with van der Waals surface area (Å²) in [6.45, 7) is 3.92. The van der Waals surface area contributed by atoms with Crippen LogP contribution < -0.4 is 15.4 Å². The van der Waals surface area contributed by atoms with Gasteiger partial charge in [0.2, 0.25) is 15.9 Å². The van der Waals surface area contributed by atoms with Crippen molar-refractivity contribution in [1.82, 2.24) is 4.72 Å². The van der Waals surface area contributed by atoms with Crippen molar-refractivity contribution in [2.24, 2.45) is 0 Å². The molecule has 0 spiro atoms. The van der Waals surface area contributed by atoms with Crippen LogP contribution in [0.4, 0.5) is 11.4 Å². The normalized spacial score (nSPS) is 13.3. The van der Waals surface area contributed by atoms with Gasteiger partial charge >= 0.3 is 0 Å². The van der Waals surface area contributed by atoms with Crippen LogP contribution in [0.15, 0.2) is 71.6 Å². The van der Waals surface area contributed by atoms with Crippen LogP contribution in [0.5, 0.6) is 0 Å². The maximum absolute atomic E-state index is 12.7. The van der Waals surface area contributed by atoms with Gasteiger partial charge in [0.05, 0.1) is 11.3 Å². The van der Waals surface area contributed by atoms with Crippen molar-refractivity contribution < 1.29 is 18.0 Å². The number of benzene rings is 3. The molecule has 1 aliphatic carbocycles. The molecule has 182 valence electrons. The first-order valence-corrected chi connectivity index (χ1v) is 13.1. The summed E-state index contributed by atoms with van der Waals surface area (Å²) < 4.78 is 27.3. The van der Waals surface area contributed by atoms with Crippen LogP contribution in [-0.2, 0) is 27.7 Å². The summed E-state index contributed by atoms with van der Waals surface area (Å²) in [6, 6.07) is 19.0. The lowest BCUT2D eigenvalue weighted by atomic mass is 10.0. The topological polar surface area (TPSA) is 104 Å². The number of carbonyl (C=O) groups excluding carboxylic acids is 2. The van der Waals surface area contributed by atoms with E-state index in [1.807, 2.05) is 32.0 Å². The second-order valence-corrected chi connectivity index (χ2v) is 10.4. The molecule has 0 unspecified atom stereocenters. The van der Waals surface area contributed by atoms with Crippen LogP contribution in [0.1, 0.15) is 46.8 Å². The molecule has 0 aromatic heterocycles. The van der Waals surface area contributed by atoms with Crippen molar-refractivity contribution in [3.8, 4) is 0 Å². The number of amides is 2. The van der Waals surface area contributed by atoms with Crippen LogP contribution in [0.25, 0.3) is 0 Å². The Morgan fingerprint density at radius 1 is 0.886 bits per heavy atom. The van der Waals surface area contributed by atoms with Gasteiger partial charge in [-0.25, -0.2) is 13.1 Å². The van der Waals surface area contributed by atoms with Crippen LogP contribution >= 0.6 is 0 Å². The molecule has 8 heteroatoms. The Bertz CT molecular complexity index is 1330. The maximum Gasteiger partial charge on any atom is 0.255 e. The van der Waals surface area contributed by atoms with Crippen molar-refractivity contribution in [1.29, 1.82) is 0 Å². The largest absolute Gasteiger partial charge is 0.326 e. The third kappa shape index (κ3) is 6.15. The SMILES string of the molecule is CCc1c(NC(=O)c2ccccc2)ccc(NC(=O)Cc2ccc(S(=O)(=O)NC3CC3)cc2)c1C. The summed E-state index contributed by atoms with van der Waals surface area (Å²) >= 11 is 0. The predicted molar refractivity (Wildman–Crippen MR) is 137 cm³/mol. The Labute approximate surface area is 206 Å². The van der Waals surface area contributed by atoms with Gasteiger partial charge in [0.15, 0.2) is 0 Å². The lowest BCUT2D eigenvalue weighted by Gasteiger charge is -2.17. The van der Waals surface area contributed by atoms with E-state index < -0.39 is 10.0 Å². The van der Waals surface area contributed by atoms with Gasteiger partial charge < -0.3 is 10.6 Å². The Morgan fingerprint density at radius 3 is 2.17 bits per heavy atom. The van der Waals surface area contributed by atoms with E-state index in [1.54, 1.807) is 36.4 Å². The summed E-state index contributed by atoms with van der Waals surface area (Å²) in [5.74, 6) is -0.391. The molecule has 3 aromatic carbocycles. The summed E-state index contributed by atoms with van der Waals surface area (Å²) in [6.07, 6.45) is 2.54. The molecule has 0 heterocycles. The first-order chi connectivity index (χ1) is 16.8. The number of carbonyl (C=O) groups is 2. The molecule has 3 aromatic rings. The highest BCUT2D eigenvalue weighted by molar-refractivity contribution is 7.89. The fraction of sp³-hybridized carbons (Fsp3) is 0.259. The predicted octanol–water partition coefficient (Wildman–Crippen LogP) is 4.43. The highest BCUT2D eigenvalue weighted by atomic mass is 32.2. The molecule has 3 N–H and O–H groups in total. The van der Waals surface area contributed by atoms with Gasteiger partial charge in [0, 0.05) is 23.0 Å². The lowest BCUT2D eigenvalue weighted by Crippen LogP contribution is -2.25. The minimum atomic E-state index is -3.52. The average Bonchev–Trinajstić information content (AvgIpc) is 3.65. The Balaban J connectivity index is 1.42. The number of nitrogens with one attached hydrogen (secondary N) is 3. The summed E-state index contributed by atoms with van der Waals surface area (Å²) in [5.41, 5.74) is 4.52. The van der Waals surface area contributed by atoms with Crippen molar-refractivity contribution in [3.05, 3.63) is 89.0 Å². The van der Waals surface area contributed by atoms with Crippen LogP contribution in [0.3, 0.4) is 0 Å². The van der Waals surface area contributed by atoms with Gasteiger partial charge in [0.25, 0.3) is 5.91 Å². The monoisotopic (exact) mass is 491 g/mol. The van der Waals surface area contributed by atoms with Crippen LogP contribution in [0, 0.1) is 6.92 Å². The fourth-order valence-corrected chi connectivity index (χ4v) is 5.21. The molecule has 2 amide bonds. The zero-order valence-electron chi connectivity index (χ0n) is 19.8. The van der Waals surface area contributed by atoms with E-state index >= 15 is 0 Å². The van der Waals surface area contributed by atoms with Crippen LogP contribution in [0.2, 0.25) is 0 Å². The van der Waals surface area contributed by atoms with E-state index in [9.17, 15) is 18.0 Å². The molecule has 4 rings (SSSR count). The van der Waals surface area contributed by atoms with E-state index in [2.05, 4.69) is 15.4 Å². The third-order valence-electron chi connectivity index (χ3n) is 6.01. The van der Waals surface area contributed by atoms with Crippen molar-refractivity contribution in [2.75, 3.05) is 10.6 Å². The van der Waals surface area contributed by atoms with E-state index in [0.717, 1.165) is 24.0 Å². The number of anilines is 2. The molecule has 0 bridgehead atoms. The molecule has 1 fully saturated rings. The molecular formula is C27H29N3O4S. The molecule has 1 saturated carbocycles. The van der Waals surface area contributed by atoms with Gasteiger partial charge in [-0.3, -0.25) is 9.59 Å². The molecule has 35 heavy (non-hydrogen) atoms. The highest BCUT2D eigenvalue weighted by Gasteiger charge is 2.27. The number of sulfonamides is 1. The molecule has 7 nitrogen and oxygen atoms in total. The first-order valence-electron chi connectivity index (χ1n) is 11.7. The quantitative estimate of drug-likeness (QED) is 0.412. The maximum atomic E-state index is 12.7. The van der Waals surface area contributed by atoms with Gasteiger partial charge in [0.1, 0.15) is 0 Å². The van der Waals surface area contributed by atoms with Crippen LogP contribution in [-0.4, -0.2) is 26.3 Å². The zero-order valence-corrected chi connectivity index (χ0v) is 20.6. The van der Waals surface area contributed by atoms with Gasteiger partial charge in [-0.05, 0) is 79.3 Å². The second-order valence-electron chi connectivity index (χ2n) is 8.70. The van der Waals surface area contributed by atoms with Gasteiger partial charge in [-0.15, -0.1) is 0 Å². The van der Waals surface area contributed by atoms with E-state index in [1.165, 1.54) is 12.1 Å². The zero-order chi connectivity index (χ0) is 25.0. The molecule has 0 radical (unpaired) electrons. The molecular weight excluding hydrogens is 462 g/mol. The number of hydrogen-bond donors (Lipinski definition) is 3. The number of hydrogen-bond acceptors (Lipinski definition) is 4. The minimum Gasteiger partial charge on any atom is -0.326 e. The Hall–Kier alpha value is -3.49. The van der Waals surface area contributed by atoms with Gasteiger partial charge in [-0.2, -0.15) is 0 Å². The second kappa shape index (κ2) is 10.4. The molecule has 0 atom stereocenters. The van der Waals surface area contributed by atoms with Crippen molar-refractivity contribution in [2.45, 2.75) is 50.5 Å². The van der Waals surface area contributed by atoms with Gasteiger partial charge in [-0.1, -0.05) is 37.3 Å². The standard InChI is InChI=1S/C27H29N3O4S/c1-3-23-18(2)24(15-16-25(23)29-27(32)20-7-5-4-6-8-20)28-26(31)17-19-9-13-22(14-10-19)35(33,34)30-21-11-12-21/h4-10,13-16,21,30H,3,11-12,17H2,1-2H3,(H,28,31)(H,29,32). The molecule has 0 aliphatic heterocycles. The van der Waals surface area contributed by atoms with E-state index in [-0.39, 0.29) is 29.2 Å². The first kappa shape index (κ1) is 24.6. The Kier molecular flexibility index (Phi) is 7.33. The third-order valence-corrected chi connectivity index (χ3v) is 7.54. The summed E-state index contributed by atoms with van der Waals surface area (Å²) in [4.78, 5) is 25.5. The summed E-state index contributed by atoms with van der Waals surface area (Å²) in [7, 11) is -3.52. The average molecular weight is 492 g/mol. The smallest absolute Gasteiger partial charge is 0.255 e. The molecule has 0 saturated heterocycles. The summed E-state index contributed by atoms with van der Waals surface area (Å²) in [5, 5.41) is 5.91. The minimum absolute atomic E-state index is 0.0414. The number of rotatable bonds is 9. The highest BCUT2D eigenvalue weighted by Crippen LogP contribution is 2.28.